The third-order valence-electron chi connectivity index (χ3n) is 3.08. The average molecular weight is 383 g/mol. The Balaban J connectivity index is 1.92. The lowest BCUT2D eigenvalue weighted by molar-refractivity contribution is 1.14. The van der Waals surface area contributed by atoms with Crippen LogP contribution in [0, 0.1) is 0 Å². The standard InChI is InChI=1S/C15H10BrCl2N3/c16-10-6-13(15(18)21-8-10)20-7-9-3-4-12(17)11-2-1-5-19-14(9)11/h1-6,8,20H,7H2. The van der Waals surface area contributed by atoms with E-state index in [1.165, 1.54) is 0 Å². The van der Waals surface area contributed by atoms with Crippen molar-refractivity contribution in [2.75, 3.05) is 5.32 Å². The lowest BCUT2D eigenvalue weighted by atomic mass is 10.1. The lowest BCUT2D eigenvalue weighted by Crippen LogP contribution is -2.02. The van der Waals surface area contributed by atoms with E-state index in [4.69, 9.17) is 23.2 Å². The first-order valence-electron chi connectivity index (χ1n) is 6.22. The average Bonchev–Trinajstić information content (AvgIpc) is 2.50. The summed E-state index contributed by atoms with van der Waals surface area (Å²) in [4.78, 5) is 8.50. The number of benzene rings is 1. The molecule has 0 amide bonds. The molecule has 0 aliphatic heterocycles. The fraction of sp³-hybridized carbons (Fsp3) is 0.0667. The van der Waals surface area contributed by atoms with E-state index in [-0.39, 0.29) is 0 Å². The first-order chi connectivity index (χ1) is 10.1. The first kappa shape index (κ1) is 14.6. The highest BCUT2D eigenvalue weighted by atomic mass is 79.9. The second kappa shape index (κ2) is 6.18. The Hall–Kier alpha value is -1.36. The number of hydrogen-bond donors (Lipinski definition) is 1. The van der Waals surface area contributed by atoms with Crippen molar-refractivity contribution in [1.29, 1.82) is 0 Å². The molecule has 2 aromatic heterocycles. The maximum absolute atomic E-state index is 6.19. The normalized spacial score (nSPS) is 10.8. The molecule has 1 N–H and O–H groups in total. The number of anilines is 1. The number of nitrogens with one attached hydrogen (secondary N) is 1. The van der Waals surface area contributed by atoms with Crippen molar-refractivity contribution >= 4 is 55.7 Å². The van der Waals surface area contributed by atoms with Crippen molar-refractivity contribution in [2.24, 2.45) is 0 Å². The van der Waals surface area contributed by atoms with Crippen molar-refractivity contribution in [3.05, 3.63) is 62.9 Å². The van der Waals surface area contributed by atoms with Crippen molar-refractivity contribution in [3.8, 4) is 0 Å². The van der Waals surface area contributed by atoms with E-state index in [2.05, 4.69) is 31.2 Å². The molecule has 106 valence electrons. The van der Waals surface area contributed by atoms with Crippen LogP contribution in [0.2, 0.25) is 10.2 Å². The maximum atomic E-state index is 6.19. The summed E-state index contributed by atoms with van der Waals surface area (Å²) >= 11 is 15.7. The summed E-state index contributed by atoms with van der Waals surface area (Å²) in [5.74, 6) is 0. The molecule has 0 unspecified atom stereocenters. The molecule has 0 spiro atoms. The second-order valence-electron chi connectivity index (χ2n) is 4.45. The molecule has 0 saturated carbocycles. The summed E-state index contributed by atoms with van der Waals surface area (Å²) in [5.41, 5.74) is 2.70. The summed E-state index contributed by atoms with van der Waals surface area (Å²) in [6, 6.07) is 9.57. The molecule has 3 nitrogen and oxygen atoms in total. The number of halogens is 3. The predicted octanol–water partition coefficient (Wildman–Crippen LogP) is 5.31. The van der Waals surface area contributed by atoms with Gasteiger partial charge < -0.3 is 5.32 Å². The molecule has 3 rings (SSSR count). The Morgan fingerprint density at radius 3 is 2.86 bits per heavy atom. The molecule has 0 fully saturated rings. The van der Waals surface area contributed by atoms with Gasteiger partial charge in [0.05, 0.1) is 11.2 Å². The van der Waals surface area contributed by atoms with E-state index in [9.17, 15) is 0 Å². The van der Waals surface area contributed by atoms with Crippen LogP contribution in [0.1, 0.15) is 5.56 Å². The highest BCUT2D eigenvalue weighted by Crippen LogP contribution is 2.27. The van der Waals surface area contributed by atoms with Gasteiger partial charge in [0.25, 0.3) is 0 Å². The number of aromatic nitrogens is 2. The van der Waals surface area contributed by atoms with E-state index in [0.717, 1.165) is 26.6 Å². The Morgan fingerprint density at radius 2 is 2.00 bits per heavy atom. The zero-order valence-electron chi connectivity index (χ0n) is 10.8. The third kappa shape index (κ3) is 3.12. The Labute approximate surface area is 140 Å². The van der Waals surface area contributed by atoms with E-state index in [1.807, 2.05) is 30.3 Å². The SMILES string of the molecule is Clc1ncc(Br)cc1NCc1ccc(Cl)c2cccnc12. The van der Waals surface area contributed by atoms with Gasteiger partial charge in [0.1, 0.15) is 0 Å². The third-order valence-corrected chi connectivity index (χ3v) is 4.14. The number of hydrogen-bond acceptors (Lipinski definition) is 3. The monoisotopic (exact) mass is 381 g/mol. The molecular formula is C15H10BrCl2N3. The van der Waals surface area contributed by atoms with E-state index >= 15 is 0 Å². The van der Waals surface area contributed by atoms with Gasteiger partial charge >= 0.3 is 0 Å². The van der Waals surface area contributed by atoms with Gasteiger partial charge in [-0.15, -0.1) is 0 Å². The predicted molar refractivity (Wildman–Crippen MR) is 91.0 cm³/mol. The minimum absolute atomic E-state index is 0.435. The van der Waals surface area contributed by atoms with Crippen LogP contribution in [0.3, 0.4) is 0 Å². The summed E-state index contributed by atoms with van der Waals surface area (Å²) in [7, 11) is 0. The molecule has 0 atom stereocenters. The fourth-order valence-corrected chi connectivity index (χ4v) is 2.79. The number of fused-ring (bicyclic) bond motifs is 1. The van der Waals surface area contributed by atoms with E-state index in [1.54, 1.807) is 12.4 Å². The largest absolute Gasteiger partial charge is 0.378 e. The smallest absolute Gasteiger partial charge is 0.152 e. The zero-order valence-corrected chi connectivity index (χ0v) is 13.9. The van der Waals surface area contributed by atoms with Crippen LogP contribution in [-0.4, -0.2) is 9.97 Å². The Kier molecular flexibility index (Phi) is 4.29. The fourth-order valence-electron chi connectivity index (χ4n) is 2.08. The summed E-state index contributed by atoms with van der Waals surface area (Å²) in [6.45, 7) is 0.586. The molecule has 6 heteroatoms. The van der Waals surface area contributed by atoms with E-state index < -0.39 is 0 Å². The van der Waals surface area contributed by atoms with Gasteiger partial charge in [-0.25, -0.2) is 4.98 Å². The molecule has 2 heterocycles. The molecule has 0 radical (unpaired) electrons. The Morgan fingerprint density at radius 1 is 1.14 bits per heavy atom. The van der Waals surface area contributed by atoms with Crippen LogP contribution in [0.5, 0.6) is 0 Å². The van der Waals surface area contributed by atoms with Crippen LogP contribution >= 0.6 is 39.1 Å². The minimum atomic E-state index is 0.435. The number of rotatable bonds is 3. The zero-order chi connectivity index (χ0) is 14.8. The summed E-state index contributed by atoms with van der Waals surface area (Å²) in [5, 5.41) is 5.35. The van der Waals surface area contributed by atoms with Gasteiger partial charge in [0.15, 0.2) is 5.15 Å². The Bertz CT molecular complexity index is 808. The second-order valence-corrected chi connectivity index (χ2v) is 6.13. The molecule has 3 aromatic rings. The summed E-state index contributed by atoms with van der Waals surface area (Å²) in [6.07, 6.45) is 3.42. The molecule has 21 heavy (non-hydrogen) atoms. The van der Waals surface area contributed by atoms with Crippen LogP contribution < -0.4 is 5.32 Å². The van der Waals surface area contributed by atoms with Gasteiger partial charge in [-0.2, -0.15) is 0 Å². The lowest BCUT2D eigenvalue weighted by Gasteiger charge is -2.10. The summed E-state index contributed by atoms with van der Waals surface area (Å²) < 4.78 is 0.869. The molecule has 0 bridgehead atoms. The van der Waals surface area contributed by atoms with Gasteiger partial charge in [-0.3, -0.25) is 4.98 Å². The highest BCUT2D eigenvalue weighted by molar-refractivity contribution is 9.10. The highest BCUT2D eigenvalue weighted by Gasteiger charge is 2.07. The number of pyridine rings is 2. The number of nitrogens with zero attached hydrogens (tertiary/aromatic N) is 2. The van der Waals surface area contributed by atoms with Crippen LogP contribution in [0.4, 0.5) is 5.69 Å². The van der Waals surface area contributed by atoms with Crippen LogP contribution in [0.15, 0.2) is 47.2 Å². The molecule has 1 aromatic carbocycles. The van der Waals surface area contributed by atoms with Gasteiger partial charge in [0.2, 0.25) is 0 Å². The molecule has 0 aliphatic rings. The molecule has 0 saturated heterocycles. The van der Waals surface area contributed by atoms with Crippen molar-refractivity contribution in [3.63, 3.8) is 0 Å². The van der Waals surface area contributed by atoms with Crippen molar-refractivity contribution in [1.82, 2.24) is 9.97 Å². The van der Waals surface area contributed by atoms with Crippen molar-refractivity contribution < 1.29 is 0 Å². The van der Waals surface area contributed by atoms with Crippen LogP contribution in [-0.2, 0) is 6.54 Å². The molecular weight excluding hydrogens is 373 g/mol. The first-order valence-corrected chi connectivity index (χ1v) is 7.77. The topological polar surface area (TPSA) is 37.8 Å². The van der Waals surface area contributed by atoms with E-state index in [0.29, 0.717) is 16.7 Å². The minimum Gasteiger partial charge on any atom is -0.378 e. The van der Waals surface area contributed by atoms with Crippen LogP contribution in [0.25, 0.3) is 10.9 Å². The maximum Gasteiger partial charge on any atom is 0.152 e. The quantitative estimate of drug-likeness (QED) is 0.623. The van der Waals surface area contributed by atoms with Crippen molar-refractivity contribution in [2.45, 2.75) is 6.54 Å². The molecule has 0 aliphatic carbocycles. The van der Waals surface area contributed by atoms with Gasteiger partial charge in [0, 0.05) is 33.8 Å². The van der Waals surface area contributed by atoms with Gasteiger partial charge in [-0.05, 0) is 45.8 Å². The van der Waals surface area contributed by atoms with Gasteiger partial charge in [-0.1, -0.05) is 29.3 Å².